The number of nitrogens with one attached hydrogen (secondary N) is 1. The van der Waals surface area contributed by atoms with Gasteiger partial charge >= 0.3 is 0 Å². The molecule has 0 bridgehead atoms. The summed E-state index contributed by atoms with van der Waals surface area (Å²) >= 11 is 0. The van der Waals surface area contributed by atoms with E-state index in [4.69, 9.17) is 10.5 Å². The highest BCUT2D eigenvalue weighted by molar-refractivity contribution is 7.91. The van der Waals surface area contributed by atoms with Crippen LogP contribution >= 0.6 is 0 Å². The van der Waals surface area contributed by atoms with Crippen molar-refractivity contribution in [1.82, 2.24) is 5.32 Å². The predicted octanol–water partition coefficient (Wildman–Crippen LogP) is 6.40. The number of hydrogen-bond acceptors (Lipinski definition) is 5. The van der Waals surface area contributed by atoms with Gasteiger partial charge in [-0.05, 0) is 47.8 Å². The van der Waals surface area contributed by atoms with Crippen LogP contribution in [0.25, 0.3) is 10.8 Å². The fourth-order valence-electron chi connectivity index (χ4n) is 4.50. The highest BCUT2D eigenvalue weighted by Crippen LogP contribution is 2.38. The lowest BCUT2D eigenvalue weighted by molar-refractivity contribution is 0.0948. The third-order valence-corrected chi connectivity index (χ3v) is 8.95. The molecule has 0 atom stereocenters. The minimum absolute atomic E-state index is 0.00224. The first-order chi connectivity index (χ1) is 17.7. The van der Waals surface area contributed by atoms with E-state index >= 15 is 0 Å². The topological polar surface area (TPSA) is 98.5 Å². The summed E-state index contributed by atoms with van der Waals surface area (Å²) in [6, 6.07) is 14.9. The van der Waals surface area contributed by atoms with Crippen LogP contribution in [0.5, 0.6) is 5.75 Å². The number of nitrogen functional groups attached to an aromatic ring is 1. The van der Waals surface area contributed by atoms with Crippen LogP contribution in [0.4, 0.5) is 5.69 Å². The minimum atomic E-state index is -3.67. The minimum Gasteiger partial charge on any atom is -0.493 e. The average Bonchev–Trinajstić information content (AvgIpc) is 2.87. The lowest BCUT2D eigenvalue weighted by atomic mass is 9.76. The zero-order chi connectivity index (χ0) is 28.3. The molecule has 3 aromatic carbocycles. The number of hydrogen-bond donors (Lipinski definition) is 2. The van der Waals surface area contributed by atoms with Gasteiger partial charge in [0.15, 0.2) is 9.84 Å². The molecular formula is C31H42N2O4S. The van der Waals surface area contributed by atoms with Gasteiger partial charge in [0.25, 0.3) is 5.91 Å². The molecule has 3 aromatic rings. The molecule has 38 heavy (non-hydrogen) atoms. The molecule has 6 nitrogen and oxygen atoms in total. The molecule has 0 unspecified atom stereocenters. The first kappa shape index (κ1) is 29.5. The van der Waals surface area contributed by atoms with Crippen molar-refractivity contribution in [2.45, 2.75) is 76.5 Å². The van der Waals surface area contributed by atoms with Crippen LogP contribution in [0.3, 0.4) is 0 Å². The summed E-state index contributed by atoms with van der Waals surface area (Å²) in [6.07, 6.45) is 3.70. The number of benzene rings is 3. The maximum absolute atomic E-state index is 13.1. The molecule has 0 fully saturated rings. The normalized spacial score (nSPS) is 12.5. The summed E-state index contributed by atoms with van der Waals surface area (Å²) < 4.78 is 31.4. The summed E-state index contributed by atoms with van der Waals surface area (Å²) in [4.78, 5) is 13.1. The largest absolute Gasteiger partial charge is 0.493 e. The molecule has 0 spiro atoms. The summed E-state index contributed by atoms with van der Waals surface area (Å²) in [7, 11) is -3.67. The highest BCUT2D eigenvalue weighted by atomic mass is 32.2. The number of amides is 1. The molecule has 3 N–H and O–H groups in total. The predicted molar refractivity (Wildman–Crippen MR) is 157 cm³/mol. The Balaban J connectivity index is 1.73. The number of carbonyl (C=O) groups excluding carboxylic acids is 1. The second kappa shape index (κ2) is 11.4. The maximum atomic E-state index is 13.1. The van der Waals surface area contributed by atoms with Crippen LogP contribution in [0, 0.1) is 0 Å². The first-order valence-electron chi connectivity index (χ1n) is 13.3. The van der Waals surface area contributed by atoms with E-state index in [1.165, 1.54) is 17.2 Å². The quantitative estimate of drug-likeness (QED) is 0.217. The van der Waals surface area contributed by atoms with Crippen molar-refractivity contribution in [2.75, 3.05) is 25.1 Å². The summed E-state index contributed by atoms with van der Waals surface area (Å²) in [5.41, 5.74) is 9.11. The van der Waals surface area contributed by atoms with Gasteiger partial charge in [-0.3, -0.25) is 4.79 Å². The molecular weight excluding hydrogens is 496 g/mol. The zero-order valence-corrected chi connectivity index (χ0v) is 24.6. The number of carbonyl (C=O) groups is 1. The van der Waals surface area contributed by atoms with Crippen molar-refractivity contribution in [1.29, 1.82) is 0 Å². The third kappa shape index (κ3) is 6.32. The van der Waals surface area contributed by atoms with Crippen molar-refractivity contribution in [3.8, 4) is 5.75 Å². The van der Waals surface area contributed by atoms with E-state index in [9.17, 15) is 13.2 Å². The van der Waals surface area contributed by atoms with Gasteiger partial charge in [0.2, 0.25) is 0 Å². The molecule has 0 saturated heterocycles. The molecule has 3 rings (SSSR count). The standard InChI is InChI=1S/C31H42N2O4S/c1-8-30(3,4)21-15-16-27(25(19-21)31(5,6)9-2)37-18-12-17-33-29(34)24-20-26(32)22-13-10-11-14-23(22)28(24)38(7,35)36/h10-11,13-16,19-20H,8-9,12,17-18,32H2,1-7H3,(H,33,34). The van der Waals surface area contributed by atoms with Gasteiger partial charge in [0.1, 0.15) is 5.75 Å². The van der Waals surface area contributed by atoms with Gasteiger partial charge in [-0.1, -0.05) is 77.9 Å². The molecule has 0 aliphatic carbocycles. The highest BCUT2D eigenvalue weighted by Gasteiger charge is 2.27. The second-order valence-corrected chi connectivity index (χ2v) is 13.3. The number of nitrogens with two attached hydrogens (primary N) is 1. The van der Waals surface area contributed by atoms with Crippen molar-refractivity contribution in [3.63, 3.8) is 0 Å². The Kier molecular flexibility index (Phi) is 8.82. The monoisotopic (exact) mass is 538 g/mol. The average molecular weight is 539 g/mol. The fourth-order valence-corrected chi connectivity index (χ4v) is 5.63. The molecule has 206 valence electrons. The molecule has 0 aliphatic rings. The van der Waals surface area contributed by atoms with Crippen LogP contribution in [-0.2, 0) is 20.7 Å². The number of fused-ring (bicyclic) bond motifs is 1. The van der Waals surface area contributed by atoms with Crippen LogP contribution < -0.4 is 15.8 Å². The van der Waals surface area contributed by atoms with Gasteiger partial charge in [0.05, 0.1) is 17.1 Å². The Hall–Kier alpha value is -3.06. The Bertz CT molecular complexity index is 1430. The van der Waals surface area contributed by atoms with E-state index in [-0.39, 0.29) is 21.3 Å². The van der Waals surface area contributed by atoms with Crippen LogP contribution in [-0.4, -0.2) is 33.7 Å². The summed E-state index contributed by atoms with van der Waals surface area (Å²) in [5, 5.41) is 3.90. The number of rotatable bonds is 11. The summed E-state index contributed by atoms with van der Waals surface area (Å²) in [5.74, 6) is 0.391. The SMILES string of the molecule is CCC(C)(C)c1ccc(OCCCNC(=O)c2cc(N)c3ccccc3c2S(C)(=O)=O)c(C(C)(C)CC)c1. The molecule has 0 heterocycles. The van der Waals surface area contributed by atoms with Gasteiger partial charge in [-0.15, -0.1) is 0 Å². The lowest BCUT2D eigenvalue weighted by Crippen LogP contribution is -2.27. The molecule has 0 aromatic heterocycles. The number of sulfone groups is 1. The van der Waals surface area contributed by atoms with Gasteiger partial charge in [-0.25, -0.2) is 8.42 Å². The van der Waals surface area contributed by atoms with Gasteiger partial charge < -0.3 is 15.8 Å². The van der Waals surface area contributed by atoms with Crippen LogP contribution in [0.15, 0.2) is 53.4 Å². The Labute approximate surface area is 227 Å². The van der Waals surface area contributed by atoms with E-state index in [1.807, 2.05) is 0 Å². The number of anilines is 1. The summed E-state index contributed by atoms with van der Waals surface area (Å²) in [6.45, 7) is 14.1. The van der Waals surface area contributed by atoms with Gasteiger partial charge in [0, 0.05) is 34.8 Å². The third-order valence-electron chi connectivity index (χ3n) is 7.76. The van der Waals surface area contributed by atoms with E-state index in [0.29, 0.717) is 36.0 Å². The van der Waals surface area contributed by atoms with Crippen LogP contribution in [0.2, 0.25) is 0 Å². The van der Waals surface area contributed by atoms with Gasteiger partial charge in [-0.2, -0.15) is 0 Å². The molecule has 0 saturated carbocycles. The fraction of sp³-hybridized carbons (Fsp3) is 0.452. The first-order valence-corrected chi connectivity index (χ1v) is 15.2. The zero-order valence-electron chi connectivity index (χ0n) is 23.8. The van der Waals surface area contributed by atoms with Crippen molar-refractivity contribution >= 4 is 32.2 Å². The number of ether oxygens (including phenoxy) is 1. The maximum Gasteiger partial charge on any atom is 0.252 e. The molecule has 0 aliphatic heterocycles. The van der Waals surface area contributed by atoms with E-state index in [0.717, 1.165) is 24.8 Å². The Morgan fingerprint density at radius 2 is 1.58 bits per heavy atom. The molecule has 0 radical (unpaired) electrons. The van der Waals surface area contributed by atoms with Crippen molar-refractivity contribution in [2.24, 2.45) is 0 Å². The second-order valence-electron chi connectivity index (χ2n) is 11.3. The van der Waals surface area contributed by atoms with Crippen LogP contribution in [0.1, 0.15) is 82.3 Å². The Morgan fingerprint density at radius 3 is 2.18 bits per heavy atom. The smallest absolute Gasteiger partial charge is 0.252 e. The van der Waals surface area contributed by atoms with Crippen molar-refractivity contribution < 1.29 is 17.9 Å². The van der Waals surface area contributed by atoms with E-state index in [1.54, 1.807) is 24.3 Å². The van der Waals surface area contributed by atoms with E-state index in [2.05, 4.69) is 65.1 Å². The Morgan fingerprint density at radius 1 is 0.947 bits per heavy atom. The van der Waals surface area contributed by atoms with Crippen molar-refractivity contribution in [3.05, 3.63) is 65.2 Å². The molecule has 7 heteroatoms. The molecule has 1 amide bonds. The van der Waals surface area contributed by atoms with E-state index < -0.39 is 15.7 Å². The lowest BCUT2D eigenvalue weighted by Gasteiger charge is -2.30.